The summed E-state index contributed by atoms with van der Waals surface area (Å²) in [5.41, 5.74) is 11.7. The van der Waals surface area contributed by atoms with Crippen LogP contribution in [0.25, 0.3) is 0 Å². The molecule has 0 bridgehead atoms. The second kappa shape index (κ2) is 8.72. The Morgan fingerprint density at radius 1 is 1.23 bits per heavy atom. The third kappa shape index (κ3) is 8.01. The molecule has 0 fully saturated rings. The van der Waals surface area contributed by atoms with Crippen molar-refractivity contribution in [2.75, 3.05) is 26.2 Å². The minimum atomic E-state index is -2.20. The third-order valence-electron chi connectivity index (χ3n) is 4.11. The summed E-state index contributed by atoms with van der Waals surface area (Å²) in [4.78, 5) is 2.13. The van der Waals surface area contributed by atoms with Crippen LogP contribution in [0.3, 0.4) is 0 Å². The molecule has 0 aliphatic heterocycles. The van der Waals surface area contributed by atoms with E-state index >= 15 is 0 Å². The molecule has 0 aromatic rings. The summed E-state index contributed by atoms with van der Waals surface area (Å²) in [6, 6.07) is 0.906. The van der Waals surface area contributed by atoms with E-state index in [1.54, 1.807) is 0 Å². The van der Waals surface area contributed by atoms with E-state index in [2.05, 4.69) is 11.4 Å². The Hall–Kier alpha value is -0.0231. The molecule has 2 unspecified atom stereocenters. The first kappa shape index (κ1) is 22.0. The average Bonchev–Trinajstić information content (AvgIpc) is 2.33. The Bertz CT molecular complexity index is 318. The van der Waals surface area contributed by atoms with Crippen molar-refractivity contribution in [1.29, 1.82) is 0 Å². The predicted octanol–water partition coefficient (Wildman–Crippen LogP) is 0.615. The van der Waals surface area contributed by atoms with Crippen molar-refractivity contribution in [2.24, 2.45) is 11.5 Å². The van der Waals surface area contributed by atoms with Crippen LogP contribution >= 0.6 is 0 Å². The molecular formula is C15H37N3O3Si. The normalized spacial score (nSPS) is 17.6. The number of likely N-dealkylation sites (N-methyl/N-ethyl adjacent to an activating group) is 1. The molecule has 0 heterocycles. The number of hydrogen-bond acceptors (Lipinski definition) is 6. The average molecular weight is 336 g/mol. The van der Waals surface area contributed by atoms with Crippen molar-refractivity contribution in [3.8, 4) is 0 Å². The molecule has 22 heavy (non-hydrogen) atoms. The lowest BCUT2D eigenvalue weighted by Crippen LogP contribution is -2.64. The standard InChI is InChI=1S/C15H37N3O3Si/c1-7-18(11-13(20)12-19)9-8-10-22(6,15(4,5)17)21-14(2,3)16/h13,19-20H,7-12,16-17H2,1-6H3. The first-order valence-electron chi connectivity index (χ1n) is 8.14. The first-order chi connectivity index (χ1) is 9.84. The molecule has 134 valence electrons. The summed E-state index contributed by atoms with van der Waals surface area (Å²) < 4.78 is 6.19. The summed E-state index contributed by atoms with van der Waals surface area (Å²) >= 11 is 0. The highest BCUT2D eigenvalue weighted by atomic mass is 28.4. The Morgan fingerprint density at radius 3 is 2.14 bits per heavy atom. The molecule has 7 heteroatoms. The zero-order valence-electron chi connectivity index (χ0n) is 15.2. The van der Waals surface area contributed by atoms with Crippen LogP contribution in [-0.2, 0) is 4.43 Å². The highest BCUT2D eigenvalue weighted by Gasteiger charge is 2.45. The quantitative estimate of drug-likeness (QED) is 0.326. The number of nitrogens with two attached hydrogens (primary N) is 2. The van der Waals surface area contributed by atoms with Gasteiger partial charge in [0, 0.05) is 11.7 Å². The van der Waals surface area contributed by atoms with Gasteiger partial charge < -0.3 is 31.0 Å². The monoisotopic (exact) mass is 335 g/mol. The minimum absolute atomic E-state index is 0.205. The molecule has 0 aromatic heterocycles. The maximum Gasteiger partial charge on any atom is 0.211 e. The smallest absolute Gasteiger partial charge is 0.211 e. The largest absolute Gasteiger partial charge is 0.398 e. The highest BCUT2D eigenvalue weighted by Crippen LogP contribution is 2.28. The highest BCUT2D eigenvalue weighted by molar-refractivity contribution is 6.75. The van der Waals surface area contributed by atoms with Gasteiger partial charge in [-0.25, -0.2) is 0 Å². The van der Waals surface area contributed by atoms with E-state index in [9.17, 15) is 5.11 Å². The molecule has 0 saturated carbocycles. The second-order valence-corrected chi connectivity index (χ2v) is 11.9. The molecule has 0 amide bonds. The summed E-state index contributed by atoms with van der Waals surface area (Å²) in [6.45, 7) is 13.9. The van der Waals surface area contributed by atoms with E-state index in [4.69, 9.17) is 21.0 Å². The van der Waals surface area contributed by atoms with Gasteiger partial charge in [0.1, 0.15) is 0 Å². The van der Waals surface area contributed by atoms with Gasteiger partial charge >= 0.3 is 0 Å². The number of aliphatic hydroxyl groups is 2. The Kier molecular flexibility index (Phi) is 8.71. The second-order valence-electron chi connectivity index (χ2n) is 7.49. The fourth-order valence-corrected chi connectivity index (χ4v) is 5.46. The molecule has 0 saturated heterocycles. The molecule has 0 radical (unpaired) electrons. The molecule has 0 spiro atoms. The lowest BCUT2D eigenvalue weighted by atomic mass is 10.3. The lowest BCUT2D eigenvalue weighted by Gasteiger charge is -2.43. The van der Waals surface area contributed by atoms with Gasteiger partial charge in [0.25, 0.3) is 0 Å². The molecule has 0 rings (SSSR count). The van der Waals surface area contributed by atoms with Crippen LogP contribution < -0.4 is 11.5 Å². The summed E-state index contributed by atoms with van der Waals surface area (Å²) in [5, 5.41) is 18.1. The van der Waals surface area contributed by atoms with Crippen molar-refractivity contribution in [1.82, 2.24) is 4.90 Å². The van der Waals surface area contributed by atoms with Gasteiger partial charge in [0.05, 0.1) is 18.4 Å². The van der Waals surface area contributed by atoms with Crippen molar-refractivity contribution in [3.05, 3.63) is 0 Å². The van der Waals surface area contributed by atoms with Gasteiger partial charge in [-0.15, -0.1) is 0 Å². The molecule has 2 atom stereocenters. The minimum Gasteiger partial charge on any atom is -0.398 e. The van der Waals surface area contributed by atoms with Crippen LogP contribution in [0.4, 0.5) is 0 Å². The van der Waals surface area contributed by atoms with Crippen molar-refractivity contribution >= 4 is 8.32 Å². The lowest BCUT2D eigenvalue weighted by molar-refractivity contribution is 0.0602. The summed E-state index contributed by atoms with van der Waals surface area (Å²) in [7, 11) is -2.20. The third-order valence-corrected chi connectivity index (χ3v) is 9.12. The maximum atomic E-state index is 9.56. The topological polar surface area (TPSA) is 105 Å². The molecule has 6 N–H and O–H groups in total. The summed E-state index contributed by atoms with van der Waals surface area (Å²) in [6.07, 6.45) is 0.250. The number of nitrogens with zero attached hydrogens (tertiary/aromatic N) is 1. The Morgan fingerprint density at radius 2 is 1.77 bits per heavy atom. The number of rotatable bonds is 11. The van der Waals surface area contributed by atoms with Gasteiger partial charge in [-0.2, -0.15) is 0 Å². The molecule has 0 aliphatic rings. The van der Waals surface area contributed by atoms with Crippen molar-refractivity contribution in [2.45, 2.75) is 70.6 Å². The molecule has 6 nitrogen and oxygen atoms in total. The molecule has 0 aromatic carbocycles. The van der Waals surface area contributed by atoms with E-state index in [1.807, 2.05) is 34.6 Å². The first-order valence-corrected chi connectivity index (χ1v) is 10.8. The fraction of sp³-hybridized carbons (Fsp3) is 1.00. The van der Waals surface area contributed by atoms with Crippen LogP contribution in [-0.4, -0.2) is 66.7 Å². The molecule has 0 aliphatic carbocycles. The van der Waals surface area contributed by atoms with E-state index in [0.29, 0.717) is 6.54 Å². The van der Waals surface area contributed by atoms with Crippen LogP contribution in [0, 0.1) is 0 Å². The zero-order valence-corrected chi connectivity index (χ0v) is 16.2. The van der Waals surface area contributed by atoms with E-state index < -0.39 is 20.1 Å². The van der Waals surface area contributed by atoms with E-state index in [-0.39, 0.29) is 11.8 Å². The van der Waals surface area contributed by atoms with E-state index in [1.165, 1.54) is 0 Å². The summed E-state index contributed by atoms with van der Waals surface area (Å²) in [5.74, 6) is 0. The SMILES string of the molecule is CCN(CCC[Si](C)(OC(C)(C)N)C(C)(C)N)CC(O)CO. The fourth-order valence-electron chi connectivity index (χ4n) is 2.46. The van der Waals surface area contributed by atoms with Crippen molar-refractivity contribution in [3.63, 3.8) is 0 Å². The Labute approximate surface area is 136 Å². The maximum absolute atomic E-state index is 9.56. The van der Waals surface area contributed by atoms with Gasteiger partial charge in [-0.3, -0.25) is 0 Å². The van der Waals surface area contributed by atoms with Crippen molar-refractivity contribution < 1.29 is 14.6 Å². The van der Waals surface area contributed by atoms with Crippen LogP contribution in [0.1, 0.15) is 41.0 Å². The van der Waals surface area contributed by atoms with Gasteiger partial charge in [0.15, 0.2) is 0 Å². The molecular weight excluding hydrogens is 298 g/mol. The van der Waals surface area contributed by atoms with E-state index in [0.717, 1.165) is 25.6 Å². The van der Waals surface area contributed by atoms with Gasteiger partial charge in [-0.1, -0.05) is 6.92 Å². The zero-order chi connectivity index (χ0) is 17.6. The van der Waals surface area contributed by atoms with Gasteiger partial charge in [0.2, 0.25) is 8.32 Å². The van der Waals surface area contributed by atoms with Gasteiger partial charge in [-0.05, 0) is 59.8 Å². The van der Waals surface area contributed by atoms with Crippen LogP contribution in [0.2, 0.25) is 12.6 Å². The predicted molar refractivity (Wildman–Crippen MR) is 93.9 cm³/mol. The van der Waals surface area contributed by atoms with Crippen LogP contribution in [0.15, 0.2) is 0 Å². The van der Waals surface area contributed by atoms with Crippen LogP contribution in [0.5, 0.6) is 0 Å². The number of hydrogen-bond donors (Lipinski definition) is 4. The number of aliphatic hydroxyl groups excluding tert-OH is 2. The Balaban J connectivity index is 4.64.